The molecule has 0 saturated carbocycles. The molecule has 2 heterocycles. The summed E-state index contributed by atoms with van der Waals surface area (Å²) in [7, 11) is 2.17. The van der Waals surface area contributed by atoms with E-state index in [0.717, 1.165) is 11.4 Å². The summed E-state index contributed by atoms with van der Waals surface area (Å²) in [6.45, 7) is 11.1. The number of rotatable bonds is 2. The molecule has 2 aromatic rings. The van der Waals surface area contributed by atoms with Gasteiger partial charge in [-0.2, -0.15) is 5.10 Å². The van der Waals surface area contributed by atoms with Crippen molar-refractivity contribution in [3.8, 4) is 5.69 Å². The van der Waals surface area contributed by atoms with Crippen molar-refractivity contribution in [3.63, 3.8) is 0 Å². The minimum Gasteiger partial charge on any atom is -0.305 e. The Morgan fingerprint density at radius 2 is 1.71 bits per heavy atom. The normalized spacial score (nSPS) is 17.0. The molecule has 0 spiro atoms. The van der Waals surface area contributed by atoms with Gasteiger partial charge in [-0.15, -0.1) is 0 Å². The third kappa shape index (κ3) is 2.75. The van der Waals surface area contributed by atoms with E-state index in [2.05, 4.69) is 74.7 Å². The molecule has 0 atom stereocenters. The van der Waals surface area contributed by atoms with Crippen LogP contribution in [0.3, 0.4) is 0 Å². The molecule has 3 heteroatoms. The monoisotopic (exact) mass is 283 g/mol. The molecule has 0 unspecified atom stereocenters. The van der Waals surface area contributed by atoms with Gasteiger partial charge in [-0.25, -0.2) is 4.68 Å². The van der Waals surface area contributed by atoms with Crippen LogP contribution >= 0.6 is 0 Å². The second-order valence-electron chi connectivity index (χ2n) is 7.34. The molecular formula is C18H25N3. The Hall–Kier alpha value is -1.61. The Morgan fingerprint density at radius 3 is 2.19 bits per heavy atom. The number of likely N-dealkylation sites (N-methyl/N-ethyl adjacent to an activating group) is 1. The van der Waals surface area contributed by atoms with Gasteiger partial charge in [-0.3, -0.25) is 0 Å². The Kier molecular flexibility index (Phi) is 3.40. The summed E-state index contributed by atoms with van der Waals surface area (Å²) < 4.78 is 2.05. The van der Waals surface area contributed by atoms with E-state index >= 15 is 0 Å². The first-order valence-corrected chi connectivity index (χ1v) is 7.70. The number of nitrogens with zero attached hydrogens (tertiary/aromatic N) is 3. The Bertz CT molecular complexity index is 625. The van der Waals surface area contributed by atoms with Crippen LogP contribution in [0.1, 0.15) is 43.6 Å². The van der Waals surface area contributed by atoms with Crippen molar-refractivity contribution in [2.24, 2.45) is 0 Å². The van der Waals surface area contributed by atoms with Crippen molar-refractivity contribution in [2.45, 2.75) is 39.0 Å². The van der Waals surface area contributed by atoms with Crippen molar-refractivity contribution >= 4 is 0 Å². The molecule has 1 aromatic carbocycles. The summed E-state index contributed by atoms with van der Waals surface area (Å²) in [5, 5.41) is 4.78. The smallest absolute Gasteiger partial charge is 0.0685 e. The van der Waals surface area contributed by atoms with Gasteiger partial charge in [0, 0.05) is 30.1 Å². The van der Waals surface area contributed by atoms with Crippen LogP contribution in [0.4, 0.5) is 0 Å². The van der Waals surface area contributed by atoms with E-state index in [4.69, 9.17) is 5.10 Å². The molecule has 0 N–H and O–H groups in total. The molecule has 3 rings (SSSR count). The van der Waals surface area contributed by atoms with Crippen LogP contribution in [0, 0.1) is 6.92 Å². The summed E-state index contributed by atoms with van der Waals surface area (Å²) in [6.07, 6.45) is 0. The summed E-state index contributed by atoms with van der Waals surface area (Å²) in [4.78, 5) is 2.35. The highest BCUT2D eigenvalue weighted by Crippen LogP contribution is 2.27. The highest BCUT2D eigenvalue weighted by atomic mass is 15.3. The van der Waals surface area contributed by atoms with Gasteiger partial charge >= 0.3 is 0 Å². The van der Waals surface area contributed by atoms with Gasteiger partial charge in [0.15, 0.2) is 0 Å². The average molecular weight is 283 g/mol. The van der Waals surface area contributed by atoms with Crippen molar-refractivity contribution < 1.29 is 0 Å². The molecule has 0 bridgehead atoms. The average Bonchev–Trinajstić information content (AvgIpc) is 2.77. The number of likely N-dealkylation sites (tertiary alicyclic amines) is 1. The predicted molar refractivity (Wildman–Crippen MR) is 87.2 cm³/mol. The maximum absolute atomic E-state index is 4.78. The third-order valence-corrected chi connectivity index (χ3v) is 4.33. The molecule has 21 heavy (non-hydrogen) atoms. The Morgan fingerprint density at radius 1 is 1.10 bits per heavy atom. The van der Waals surface area contributed by atoms with E-state index in [1.165, 1.54) is 24.3 Å². The molecule has 3 nitrogen and oxygen atoms in total. The van der Waals surface area contributed by atoms with Crippen molar-refractivity contribution in [1.82, 2.24) is 14.7 Å². The highest BCUT2D eigenvalue weighted by Gasteiger charge is 2.24. The predicted octanol–water partition coefficient (Wildman–Crippen LogP) is 3.51. The molecule has 0 aliphatic carbocycles. The van der Waals surface area contributed by atoms with Gasteiger partial charge < -0.3 is 4.90 Å². The van der Waals surface area contributed by atoms with Gasteiger partial charge in [-0.05, 0) is 37.7 Å². The van der Waals surface area contributed by atoms with Crippen LogP contribution < -0.4 is 0 Å². The van der Waals surface area contributed by atoms with E-state index in [1.54, 1.807) is 0 Å². The zero-order valence-corrected chi connectivity index (χ0v) is 13.7. The van der Waals surface area contributed by atoms with Gasteiger partial charge in [0.1, 0.15) is 0 Å². The zero-order chi connectivity index (χ0) is 15.2. The number of hydrogen-bond donors (Lipinski definition) is 0. The van der Waals surface area contributed by atoms with Crippen LogP contribution in [0.15, 0.2) is 30.3 Å². The lowest BCUT2D eigenvalue weighted by Gasteiger charge is -2.36. The van der Waals surface area contributed by atoms with Gasteiger partial charge in [0.25, 0.3) is 0 Å². The fraction of sp³-hybridized carbons (Fsp3) is 0.500. The lowest BCUT2D eigenvalue weighted by molar-refractivity contribution is 0.190. The fourth-order valence-corrected chi connectivity index (χ4v) is 2.90. The van der Waals surface area contributed by atoms with Gasteiger partial charge in [0.05, 0.1) is 11.4 Å². The van der Waals surface area contributed by atoms with E-state index in [9.17, 15) is 0 Å². The van der Waals surface area contributed by atoms with Crippen LogP contribution in [-0.4, -0.2) is 34.8 Å². The first-order valence-electron chi connectivity index (χ1n) is 7.70. The molecule has 1 aliphatic heterocycles. The third-order valence-electron chi connectivity index (χ3n) is 4.33. The van der Waals surface area contributed by atoms with Crippen molar-refractivity contribution in [1.29, 1.82) is 0 Å². The first-order chi connectivity index (χ1) is 9.84. The molecule has 1 aromatic heterocycles. The molecule has 1 saturated heterocycles. The van der Waals surface area contributed by atoms with E-state index in [1.807, 2.05) is 0 Å². The number of aryl methyl sites for hydroxylation is 1. The fourth-order valence-electron chi connectivity index (χ4n) is 2.90. The molecule has 1 fully saturated rings. The second kappa shape index (κ2) is 4.99. The second-order valence-corrected chi connectivity index (χ2v) is 7.34. The summed E-state index contributed by atoms with van der Waals surface area (Å²) in [6, 6.07) is 11.1. The van der Waals surface area contributed by atoms with Crippen LogP contribution in [0.5, 0.6) is 0 Å². The van der Waals surface area contributed by atoms with Gasteiger partial charge in [0.2, 0.25) is 0 Å². The first kappa shape index (κ1) is 14.3. The minimum absolute atomic E-state index is 0.0897. The minimum atomic E-state index is 0.0897. The maximum Gasteiger partial charge on any atom is 0.0685 e. The topological polar surface area (TPSA) is 21.1 Å². The standard InChI is InChI=1S/C18H25N3/c1-13-10-17(18(2,3)4)19-21(13)16-8-6-14(7-9-16)15-11-20(5)12-15/h6-10,15H,11-12H2,1-5H3. The Balaban J connectivity index is 1.86. The quantitative estimate of drug-likeness (QED) is 0.841. The number of benzene rings is 1. The summed E-state index contributed by atoms with van der Waals surface area (Å²) >= 11 is 0. The lowest BCUT2D eigenvalue weighted by Crippen LogP contribution is -2.41. The molecule has 1 aliphatic rings. The number of aromatic nitrogens is 2. The van der Waals surface area contributed by atoms with Crippen LogP contribution in [0.25, 0.3) is 5.69 Å². The molecule has 112 valence electrons. The highest BCUT2D eigenvalue weighted by molar-refractivity contribution is 5.38. The van der Waals surface area contributed by atoms with Crippen molar-refractivity contribution in [3.05, 3.63) is 47.3 Å². The van der Waals surface area contributed by atoms with E-state index in [-0.39, 0.29) is 5.41 Å². The van der Waals surface area contributed by atoms with Gasteiger partial charge in [-0.1, -0.05) is 32.9 Å². The van der Waals surface area contributed by atoms with Crippen molar-refractivity contribution in [2.75, 3.05) is 20.1 Å². The Labute approximate surface area is 127 Å². The molecule has 0 radical (unpaired) electrons. The summed E-state index contributed by atoms with van der Waals surface area (Å²) in [5.41, 5.74) is 5.02. The number of hydrogen-bond acceptors (Lipinski definition) is 2. The zero-order valence-electron chi connectivity index (χ0n) is 13.7. The van der Waals surface area contributed by atoms with Crippen LogP contribution in [-0.2, 0) is 5.41 Å². The lowest BCUT2D eigenvalue weighted by atomic mass is 9.92. The molecular weight excluding hydrogens is 258 g/mol. The summed E-state index contributed by atoms with van der Waals surface area (Å²) in [5.74, 6) is 0.702. The van der Waals surface area contributed by atoms with E-state index < -0.39 is 0 Å². The van der Waals surface area contributed by atoms with Crippen LogP contribution in [0.2, 0.25) is 0 Å². The van der Waals surface area contributed by atoms with E-state index in [0.29, 0.717) is 5.92 Å². The SMILES string of the molecule is Cc1cc(C(C)(C)C)nn1-c1ccc(C2CN(C)C2)cc1. The largest absolute Gasteiger partial charge is 0.305 e. The maximum atomic E-state index is 4.78. The molecule has 0 amide bonds.